The van der Waals surface area contributed by atoms with E-state index in [0.717, 1.165) is 29.4 Å². The van der Waals surface area contributed by atoms with E-state index in [9.17, 15) is 9.59 Å². The summed E-state index contributed by atoms with van der Waals surface area (Å²) in [6.07, 6.45) is 0. The first-order valence-corrected chi connectivity index (χ1v) is 9.90. The number of carbonyl (C=O) groups excluding carboxylic acids is 2. The summed E-state index contributed by atoms with van der Waals surface area (Å²) in [6.45, 7) is 4.18. The average molecular weight is 409 g/mol. The number of hydrogen-bond acceptors (Lipinski definition) is 4. The van der Waals surface area contributed by atoms with Gasteiger partial charge in [-0.3, -0.25) is 9.59 Å². The summed E-state index contributed by atoms with van der Waals surface area (Å²) in [7, 11) is 0. The van der Waals surface area contributed by atoms with Crippen LogP contribution in [0.3, 0.4) is 0 Å². The van der Waals surface area contributed by atoms with Crippen LogP contribution in [-0.4, -0.2) is 42.8 Å². The van der Waals surface area contributed by atoms with Crippen molar-refractivity contribution in [2.75, 3.05) is 31.1 Å². The number of amides is 1. The van der Waals surface area contributed by atoms with Crippen LogP contribution >= 0.6 is 11.6 Å². The molecule has 29 heavy (non-hydrogen) atoms. The van der Waals surface area contributed by atoms with Gasteiger partial charge in [0.05, 0.1) is 10.7 Å². The summed E-state index contributed by atoms with van der Waals surface area (Å²) >= 11 is 6.28. The Hall–Kier alpha value is -3.05. The molecule has 3 aromatic rings. The van der Waals surface area contributed by atoms with Gasteiger partial charge in [0.25, 0.3) is 5.91 Å². The Labute approximate surface area is 174 Å². The maximum absolute atomic E-state index is 12.8. The Balaban J connectivity index is 1.42. The smallest absolute Gasteiger partial charge is 0.289 e. The van der Waals surface area contributed by atoms with E-state index < -0.39 is 0 Å². The first-order valence-electron chi connectivity index (χ1n) is 9.53. The van der Waals surface area contributed by atoms with E-state index in [-0.39, 0.29) is 11.7 Å². The topological polar surface area (TPSA) is 53.8 Å². The number of nitrogens with zero attached hydrogens (tertiary/aromatic N) is 2. The number of halogens is 1. The van der Waals surface area contributed by atoms with Crippen LogP contribution in [0.5, 0.6) is 0 Å². The van der Waals surface area contributed by atoms with Crippen molar-refractivity contribution >= 4 is 29.0 Å². The lowest BCUT2D eigenvalue weighted by atomic mass is 10.1. The molecule has 5 nitrogen and oxygen atoms in total. The lowest BCUT2D eigenvalue weighted by molar-refractivity contribution is 0.0715. The van der Waals surface area contributed by atoms with Gasteiger partial charge < -0.3 is 14.2 Å². The van der Waals surface area contributed by atoms with E-state index >= 15 is 0 Å². The fraction of sp³-hybridized carbons (Fsp3) is 0.217. The molecule has 1 aromatic heterocycles. The zero-order valence-corrected chi connectivity index (χ0v) is 16.9. The number of rotatable bonds is 4. The second-order valence-electron chi connectivity index (χ2n) is 7.03. The van der Waals surface area contributed by atoms with Crippen molar-refractivity contribution in [2.24, 2.45) is 0 Å². The van der Waals surface area contributed by atoms with Gasteiger partial charge in [-0.15, -0.1) is 0 Å². The number of furan rings is 1. The molecule has 1 saturated heterocycles. The maximum Gasteiger partial charge on any atom is 0.289 e. The standard InChI is InChI=1S/C23H21ClN2O3/c1-16(27)17-6-8-18(9-7-17)21-10-11-22(29-21)23(28)26-14-12-25(13-15-26)20-5-3-2-4-19(20)24/h2-11H,12-15H2,1H3. The van der Waals surface area contributed by atoms with E-state index in [1.807, 2.05) is 36.4 Å². The minimum Gasteiger partial charge on any atom is -0.451 e. The molecular weight excluding hydrogens is 388 g/mol. The molecule has 0 unspecified atom stereocenters. The van der Waals surface area contributed by atoms with Crippen molar-refractivity contribution in [3.8, 4) is 11.3 Å². The third kappa shape index (κ3) is 4.05. The van der Waals surface area contributed by atoms with Crippen LogP contribution in [0.15, 0.2) is 65.1 Å². The van der Waals surface area contributed by atoms with Crippen molar-refractivity contribution in [1.29, 1.82) is 0 Å². The zero-order valence-electron chi connectivity index (χ0n) is 16.1. The van der Waals surface area contributed by atoms with Gasteiger partial charge in [0.15, 0.2) is 11.5 Å². The van der Waals surface area contributed by atoms with Gasteiger partial charge >= 0.3 is 0 Å². The van der Waals surface area contributed by atoms with Gasteiger partial charge in [-0.25, -0.2) is 0 Å². The number of Topliss-reactive ketones (excluding diaryl/α,β-unsaturated/α-hetero) is 1. The molecule has 0 atom stereocenters. The number of para-hydroxylation sites is 1. The summed E-state index contributed by atoms with van der Waals surface area (Å²) < 4.78 is 5.80. The largest absolute Gasteiger partial charge is 0.451 e. The van der Waals surface area contributed by atoms with Gasteiger partial charge in [-0.1, -0.05) is 48.0 Å². The molecule has 1 fully saturated rings. The highest BCUT2D eigenvalue weighted by molar-refractivity contribution is 6.33. The first-order chi connectivity index (χ1) is 14.0. The van der Waals surface area contributed by atoms with Crippen molar-refractivity contribution in [3.05, 3.63) is 77.0 Å². The van der Waals surface area contributed by atoms with Crippen molar-refractivity contribution < 1.29 is 14.0 Å². The second-order valence-corrected chi connectivity index (χ2v) is 7.44. The summed E-state index contributed by atoms with van der Waals surface area (Å²) in [4.78, 5) is 28.2. The summed E-state index contributed by atoms with van der Waals surface area (Å²) in [5, 5.41) is 0.721. The van der Waals surface area contributed by atoms with Gasteiger partial charge in [0.2, 0.25) is 0 Å². The Kier molecular flexibility index (Phi) is 5.41. The van der Waals surface area contributed by atoms with E-state index in [0.29, 0.717) is 30.2 Å². The molecule has 0 N–H and O–H groups in total. The molecule has 0 spiro atoms. The molecule has 0 radical (unpaired) electrons. The average Bonchev–Trinajstić information content (AvgIpc) is 3.24. The number of piperazine rings is 1. The number of benzene rings is 2. The quantitative estimate of drug-likeness (QED) is 0.584. The molecule has 4 rings (SSSR count). The van der Waals surface area contributed by atoms with E-state index in [2.05, 4.69) is 4.90 Å². The van der Waals surface area contributed by atoms with Crippen LogP contribution in [0.4, 0.5) is 5.69 Å². The number of carbonyl (C=O) groups is 2. The molecule has 1 amide bonds. The van der Waals surface area contributed by atoms with Gasteiger partial charge in [0.1, 0.15) is 5.76 Å². The van der Waals surface area contributed by atoms with E-state index in [1.165, 1.54) is 6.92 Å². The summed E-state index contributed by atoms with van der Waals surface area (Å²) in [5.74, 6) is 0.832. The van der Waals surface area contributed by atoms with Gasteiger partial charge in [-0.2, -0.15) is 0 Å². The number of ketones is 1. The van der Waals surface area contributed by atoms with Crippen molar-refractivity contribution in [1.82, 2.24) is 4.90 Å². The monoisotopic (exact) mass is 408 g/mol. The van der Waals surface area contributed by atoms with E-state index in [1.54, 1.807) is 29.2 Å². The lowest BCUT2D eigenvalue weighted by Gasteiger charge is -2.36. The second kappa shape index (κ2) is 8.13. The Morgan fingerprint density at radius 3 is 2.24 bits per heavy atom. The molecule has 1 aliphatic heterocycles. The van der Waals surface area contributed by atoms with Crippen LogP contribution in [0.25, 0.3) is 11.3 Å². The van der Waals surface area contributed by atoms with Crippen LogP contribution in [-0.2, 0) is 0 Å². The van der Waals surface area contributed by atoms with Crippen LogP contribution in [0.1, 0.15) is 27.8 Å². The molecular formula is C23H21ClN2O3. The predicted octanol–water partition coefficient (Wildman–Crippen LogP) is 4.77. The normalized spacial score (nSPS) is 14.1. The summed E-state index contributed by atoms with van der Waals surface area (Å²) in [6, 6.07) is 18.4. The molecule has 2 heterocycles. The SMILES string of the molecule is CC(=O)c1ccc(-c2ccc(C(=O)N3CCN(c4ccccc4Cl)CC3)o2)cc1. The molecule has 0 aliphatic carbocycles. The van der Waals surface area contributed by atoms with Crippen LogP contribution < -0.4 is 4.90 Å². The Morgan fingerprint density at radius 2 is 1.59 bits per heavy atom. The van der Waals surface area contributed by atoms with Gasteiger partial charge in [0, 0.05) is 37.3 Å². The predicted molar refractivity (Wildman–Crippen MR) is 114 cm³/mol. The third-order valence-corrected chi connectivity index (χ3v) is 5.47. The number of hydrogen-bond donors (Lipinski definition) is 0. The molecule has 0 saturated carbocycles. The molecule has 148 valence electrons. The maximum atomic E-state index is 12.8. The van der Waals surface area contributed by atoms with E-state index in [4.69, 9.17) is 16.0 Å². The lowest BCUT2D eigenvalue weighted by Crippen LogP contribution is -2.48. The fourth-order valence-corrected chi connectivity index (χ4v) is 3.75. The third-order valence-electron chi connectivity index (χ3n) is 5.15. The van der Waals surface area contributed by atoms with Crippen molar-refractivity contribution in [3.63, 3.8) is 0 Å². The molecule has 0 bridgehead atoms. The number of anilines is 1. The highest BCUT2D eigenvalue weighted by Gasteiger charge is 2.25. The minimum absolute atomic E-state index is 0.0165. The molecule has 6 heteroatoms. The van der Waals surface area contributed by atoms with Crippen molar-refractivity contribution in [2.45, 2.75) is 6.92 Å². The summed E-state index contributed by atoms with van der Waals surface area (Å²) in [5.41, 5.74) is 2.47. The highest BCUT2D eigenvalue weighted by atomic mass is 35.5. The molecule has 2 aromatic carbocycles. The minimum atomic E-state index is -0.115. The molecule has 1 aliphatic rings. The van der Waals surface area contributed by atoms with Crippen LogP contribution in [0.2, 0.25) is 5.02 Å². The highest BCUT2D eigenvalue weighted by Crippen LogP contribution is 2.27. The first kappa shape index (κ1) is 19.3. The van der Waals surface area contributed by atoms with Gasteiger partial charge in [-0.05, 0) is 31.2 Å². The zero-order chi connectivity index (χ0) is 20.4. The van der Waals surface area contributed by atoms with Crippen LogP contribution in [0, 0.1) is 0 Å². The Bertz CT molecular complexity index is 1030. The fourth-order valence-electron chi connectivity index (χ4n) is 3.49. The Morgan fingerprint density at radius 1 is 0.897 bits per heavy atom.